The third kappa shape index (κ3) is 14.5. The number of aromatic nitrogens is 4. The maximum atomic E-state index is 12.2. The maximum Gasteiger partial charge on any atom is 0.490 e. The molecule has 0 fully saturated rings. The fourth-order valence-corrected chi connectivity index (χ4v) is 8.77. The second-order valence-electron chi connectivity index (χ2n) is 10.3. The van der Waals surface area contributed by atoms with Crippen LogP contribution in [-0.4, -0.2) is 96.7 Å². The fourth-order valence-electron chi connectivity index (χ4n) is 3.64. The first kappa shape index (κ1) is 42.9. The molecule has 10 atom stereocenters. The van der Waals surface area contributed by atoms with Crippen molar-refractivity contribution in [2.24, 2.45) is 11.8 Å². The van der Waals surface area contributed by atoms with Gasteiger partial charge in [-0.1, -0.05) is 13.8 Å². The lowest BCUT2D eigenvalue weighted by molar-refractivity contribution is -0.0340. The SMILES string of the molecule is CC(COP(=O)(O)OP(=O)(O)OP(=O)(O)OP(=O)(O)OCC(C)C(O)C(O)Cn1ccc(=O)[nH]c1=O)C(O)C(O)Cn1ccc(=O)[nH]c1=O. The number of phosphoric acid groups is 4. The first-order valence-corrected chi connectivity index (χ1v) is 19.4. The molecule has 0 radical (unpaired) electrons. The Kier molecular flexibility index (Phi) is 15.2. The quantitative estimate of drug-likeness (QED) is 0.0609. The second-order valence-corrected chi connectivity index (χ2v) is 16.5. The smallest absolute Gasteiger partial charge is 0.390 e. The van der Waals surface area contributed by atoms with Gasteiger partial charge in [0.25, 0.3) is 11.1 Å². The number of hydrogen-bond donors (Lipinski definition) is 10. The van der Waals surface area contributed by atoms with Gasteiger partial charge in [-0.05, 0) is 0 Å². The fraction of sp³-hybridized carbons (Fsp3) is 0.600. The van der Waals surface area contributed by atoms with Crippen LogP contribution < -0.4 is 22.5 Å². The normalized spacial score (nSPS) is 20.8. The average molecular weight is 790 g/mol. The van der Waals surface area contributed by atoms with Crippen LogP contribution in [0.15, 0.2) is 43.7 Å². The van der Waals surface area contributed by atoms with Crippen LogP contribution in [0.5, 0.6) is 0 Å². The summed E-state index contributed by atoms with van der Waals surface area (Å²) in [6.45, 7) is -0.775. The molecule has 0 saturated carbocycles. The topological polar surface area (TPSA) is 386 Å². The Labute approximate surface area is 273 Å². The van der Waals surface area contributed by atoms with Gasteiger partial charge in [-0.2, -0.15) is 12.9 Å². The van der Waals surface area contributed by atoms with E-state index in [1.165, 1.54) is 0 Å². The molecular formula is C20H34N4O21P4. The lowest BCUT2D eigenvalue weighted by Crippen LogP contribution is -2.40. The first-order valence-electron chi connectivity index (χ1n) is 13.4. The molecule has 0 aromatic carbocycles. The summed E-state index contributed by atoms with van der Waals surface area (Å²) < 4.78 is 70.5. The molecular weight excluding hydrogens is 756 g/mol. The number of nitrogens with zero attached hydrogens (tertiary/aromatic N) is 2. The van der Waals surface area contributed by atoms with E-state index in [1.807, 2.05) is 9.97 Å². The summed E-state index contributed by atoms with van der Waals surface area (Å²) in [7, 11) is -23.7. The van der Waals surface area contributed by atoms with Gasteiger partial charge >= 0.3 is 42.7 Å². The summed E-state index contributed by atoms with van der Waals surface area (Å²) in [6.07, 6.45) is -4.94. The molecule has 0 aliphatic rings. The predicted octanol–water partition coefficient (Wildman–Crippen LogP) is -2.71. The Morgan fingerprint density at radius 3 is 1.22 bits per heavy atom. The highest BCUT2D eigenvalue weighted by molar-refractivity contribution is 7.69. The Balaban J connectivity index is 1.90. The predicted molar refractivity (Wildman–Crippen MR) is 159 cm³/mol. The van der Waals surface area contributed by atoms with Crippen LogP contribution in [0, 0.1) is 11.8 Å². The summed E-state index contributed by atoms with van der Waals surface area (Å²) in [5, 5.41) is 40.8. The number of aromatic amines is 2. The number of nitrogens with one attached hydrogen (secondary N) is 2. The monoisotopic (exact) mass is 790 g/mol. The van der Waals surface area contributed by atoms with Crippen molar-refractivity contribution in [2.45, 2.75) is 51.4 Å². The molecule has 0 spiro atoms. The highest BCUT2D eigenvalue weighted by Crippen LogP contribution is 2.71. The third-order valence-electron chi connectivity index (χ3n) is 6.14. The molecule has 0 aliphatic carbocycles. The largest absolute Gasteiger partial charge is 0.490 e. The summed E-state index contributed by atoms with van der Waals surface area (Å²) >= 11 is 0. The number of hydrogen-bond acceptors (Lipinski definition) is 17. The van der Waals surface area contributed by atoms with Gasteiger partial charge in [-0.25, -0.2) is 27.8 Å². The maximum absolute atomic E-state index is 12.2. The first-order chi connectivity index (χ1) is 22.3. The number of phosphoric ester groups is 2. The molecule has 25 nitrogen and oxygen atoms in total. The molecule has 0 bridgehead atoms. The number of aliphatic hydroxyl groups excluding tert-OH is 4. The van der Waals surface area contributed by atoms with Crippen molar-refractivity contribution in [3.8, 4) is 0 Å². The van der Waals surface area contributed by atoms with E-state index in [0.717, 1.165) is 47.5 Å². The Hall–Kier alpha value is -2.24. The van der Waals surface area contributed by atoms with Gasteiger partial charge in [-0.15, -0.1) is 0 Å². The van der Waals surface area contributed by atoms with Gasteiger partial charge in [-0.3, -0.25) is 37.7 Å². The van der Waals surface area contributed by atoms with Crippen LogP contribution >= 0.6 is 31.3 Å². The van der Waals surface area contributed by atoms with Gasteiger partial charge < -0.3 is 40.0 Å². The van der Waals surface area contributed by atoms with Crippen molar-refractivity contribution in [1.82, 2.24) is 19.1 Å². The van der Waals surface area contributed by atoms with Crippen LogP contribution in [0.1, 0.15) is 13.8 Å². The van der Waals surface area contributed by atoms with E-state index in [2.05, 4.69) is 22.0 Å². The standard InChI is InChI=1S/C20H34N4O21P4/c1-11(17(29)13(25)7-23-5-3-15(27)21-19(23)31)9-41-46(33,34)43-48(37,38)45-49(39,40)44-47(35,36)42-10-12(2)18(30)14(26)8-24-6-4-16(28)22-20(24)32/h3-6,11-14,17-18,25-26,29-30H,7-10H2,1-2H3,(H,33,34)(H,35,36)(H,37,38)(H,39,40)(H,21,27,31)(H,22,28,32). The van der Waals surface area contributed by atoms with Crippen molar-refractivity contribution < 1.29 is 80.2 Å². The van der Waals surface area contributed by atoms with Crippen molar-refractivity contribution in [3.05, 3.63) is 66.2 Å². The Morgan fingerprint density at radius 1 is 0.612 bits per heavy atom. The molecule has 49 heavy (non-hydrogen) atoms. The van der Waals surface area contributed by atoms with Crippen LogP contribution in [0.4, 0.5) is 0 Å². The summed E-state index contributed by atoms with van der Waals surface area (Å²) in [5.41, 5.74) is -3.31. The lowest BCUT2D eigenvalue weighted by Gasteiger charge is -2.25. The zero-order chi connectivity index (χ0) is 37.5. The van der Waals surface area contributed by atoms with Crippen molar-refractivity contribution in [3.63, 3.8) is 0 Å². The van der Waals surface area contributed by atoms with Crippen LogP contribution in [-0.2, 0) is 53.3 Å². The molecule has 0 aliphatic heterocycles. The van der Waals surface area contributed by atoms with Crippen LogP contribution in [0.2, 0.25) is 0 Å². The summed E-state index contributed by atoms with van der Waals surface area (Å²) in [6, 6.07) is 1.91. The molecule has 0 saturated heterocycles. The lowest BCUT2D eigenvalue weighted by atomic mass is 10.0. The zero-order valence-electron chi connectivity index (χ0n) is 25.2. The van der Waals surface area contributed by atoms with Gasteiger partial charge in [0.05, 0.1) is 50.7 Å². The van der Waals surface area contributed by atoms with Gasteiger partial charge in [0.1, 0.15) is 0 Å². The number of aliphatic hydroxyl groups is 4. The minimum Gasteiger partial charge on any atom is -0.390 e. The average Bonchev–Trinajstić information content (AvgIpc) is 2.94. The van der Waals surface area contributed by atoms with Crippen LogP contribution in [0.3, 0.4) is 0 Å². The number of rotatable bonds is 20. The minimum absolute atomic E-state index is 0.555. The molecule has 2 aromatic heterocycles. The highest BCUT2D eigenvalue weighted by Gasteiger charge is 2.46. The van der Waals surface area contributed by atoms with Crippen LogP contribution in [0.25, 0.3) is 0 Å². The number of H-pyrrole nitrogens is 2. The van der Waals surface area contributed by atoms with Crippen molar-refractivity contribution in [2.75, 3.05) is 13.2 Å². The van der Waals surface area contributed by atoms with E-state index in [1.54, 1.807) is 0 Å². The molecule has 2 aromatic rings. The molecule has 0 amide bonds. The summed E-state index contributed by atoms with van der Waals surface area (Å²) in [5.74, 6) is -2.51. The highest BCUT2D eigenvalue weighted by atomic mass is 31.3. The third-order valence-corrected chi connectivity index (χ3v) is 12.0. The molecule has 10 N–H and O–H groups in total. The molecule has 2 heterocycles. The van der Waals surface area contributed by atoms with Crippen molar-refractivity contribution in [1.29, 1.82) is 0 Å². The van der Waals surface area contributed by atoms with Crippen molar-refractivity contribution >= 4 is 31.3 Å². The summed E-state index contributed by atoms with van der Waals surface area (Å²) in [4.78, 5) is 88.4. The van der Waals surface area contributed by atoms with E-state index in [-0.39, 0.29) is 0 Å². The second kappa shape index (κ2) is 17.3. The van der Waals surface area contributed by atoms with Gasteiger partial charge in [0, 0.05) is 36.4 Å². The molecule has 2 rings (SSSR count). The van der Waals surface area contributed by atoms with E-state index >= 15 is 0 Å². The van der Waals surface area contributed by atoms with Gasteiger partial charge in [0.15, 0.2) is 0 Å². The Morgan fingerprint density at radius 2 is 0.918 bits per heavy atom. The minimum atomic E-state index is -6.15. The zero-order valence-corrected chi connectivity index (χ0v) is 28.7. The van der Waals surface area contributed by atoms with Gasteiger partial charge in [0.2, 0.25) is 0 Å². The molecule has 29 heteroatoms. The molecule has 10 unspecified atom stereocenters. The molecule has 280 valence electrons. The van der Waals surface area contributed by atoms with E-state index < -0.39 is 116 Å². The van der Waals surface area contributed by atoms with E-state index in [4.69, 9.17) is 0 Å². The van der Waals surface area contributed by atoms with E-state index in [0.29, 0.717) is 0 Å². The Bertz CT molecular complexity index is 1730. The van der Waals surface area contributed by atoms with E-state index in [9.17, 15) is 77.4 Å².